The molecule has 3 atom stereocenters. The van der Waals surface area contributed by atoms with E-state index in [9.17, 15) is 4.79 Å². The molecule has 0 aliphatic carbocycles. The van der Waals surface area contributed by atoms with Gasteiger partial charge < -0.3 is 4.90 Å². The van der Waals surface area contributed by atoms with E-state index in [1.165, 1.54) is 0 Å². The van der Waals surface area contributed by atoms with E-state index in [1.807, 2.05) is 48.2 Å². The molecule has 5 aromatic rings. The lowest BCUT2D eigenvalue weighted by Gasteiger charge is -2.49. The minimum Gasteiger partial charge on any atom is -0.315 e. The molecule has 2 fully saturated rings. The molecule has 1 N–H and O–H groups in total. The SMILES string of the molecule is Cc1cccc(-n2nnnc2C2N3C(=O)C(NC(c4ccccc4)(c4ccccc4)c4ccccc4)[C@H]3SC2(C)C)c1. The van der Waals surface area contributed by atoms with Crippen LogP contribution in [-0.2, 0) is 10.3 Å². The van der Waals surface area contributed by atoms with Crippen molar-refractivity contribution in [3.63, 3.8) is 0 Å². The van der Waals surface area contributed by atoms with Crippen molar-refractivity contribution in [3.05, 3.63) is 143 Å². The number of hydrogen-bond donors (Lipinski definition) is 1. The molecule has 4 aromatic carbocycles. The fraction of sp³-hybridized carbons (Fsp3) is 0.235. The fourth-order valence-corrected chi connectivity index (χ4v) is 8.15. The van der Waals surface area contributed by atoms with Gasteiger partial charge in [0.25, 0.3) is 0 Å². The third kappa shape index (κ3) is 4.16. The van der Waals surface area contributed by atoms with Crippen molar-refractivity contribution in [1.82, 2.24) is 30.4 Å². The molecule has 2 saturated heterocycles. The second-order valence-corrected chi connectivity index (χ2v) is 13.3. The zero-order chi connectivity index (χ0) is 28.9. The summed E-state index contributed by atoms with van der Waals surface area (Å²) in [5, 5.41) is 16.7. The van der Waals surface area contributed by atoms with Crippen LogP contribution in [0.4, 0.5) is 0 Å². The van der Waals surface area contributed by atoms with Crippen molar-refractivity contribution >= 4 is 17.7 Å². The third-order valence-electron chi connectivity index (χ3n) is 8.42. The number of aryl methyl sites for hydroxylation is 1. The van der Waals surface area contributed by atoms with E-state index in [0.717, 1.165) is 27.9 Å². The van der Waals surface area contributed by atoms with Crippen LogP contribution in [0.1, 0.15) is 48.0 Å². The Bertz CT molecular complexity index is 1630. The van der Waals surface area contributed by atoms with Gasteiger partial charge in [-0.15, -0.1) is 16.9 Å². The lowest BCUT2D eigenvalue weighted by Crippen LogP contribution is -2.70. The van der Waals surface area contributed by atoms with Crippen molar-refractivity contribution in [3.8, 4) is 5.69 Å². The topological polar surface area (TPSA) is 75.9 Å². The lowest BCUT2D eigenvalue weighted by molar-refractivity contribution is -0.150. The molecule has 42 heavy (non-hydrogen) atoms. The summed E-state index contributed by atoms with van der Waals surface area (Å²) in [7, 11) is 0. The quantitative estimate of drug-likeness (QED) is 0.201. The van der Waals surface area contributed by atoms with Gasteiger partial charge in [0.2, 0.25) is 5.91 Å². The normalized spacial score (nSPS) is 21.2. The molecule has 2 aliphatic rings. The molecular weight excluding hydrogens is 540 g/mol. The summed E-state index contributed by atoms with van der Waals surface area (Å²) < 4.78 is 1.46. The Kier molecular flexibility index (Phi) is 6.48. The summed E-state index contributed by atoms with van der Waals surface area (Å²) >= 11 is 1.80. The smallest absolute Gasteiger partial charge is 0.244 e. The number of β-lactam (4-membered cyclic amide) rings is 1. The zero-order valence-corrected chi connectivity index (χ0v) is 24.6. The largest absolute Gasteiger partial charge is 0.315 e. The van der Waals surface area contributed by atoms with E-state index >= 15 is 0 Å². The van der Waals surface area contributed by atoms with Gasteiger partial charge in [-0.05, 0) is 65.6 Å². The van der Waals surface area contributed by atoms with E-state index < -0.39 is 11.6 Å². The molecule has 210 valence electrons. The summed E-state index contributed by atoms with van der Waals surface area (Å²) in [6.45, 7) is 6.41. The van der Waals surface area contributed by atoms with Gasteiger partial charge in [0.1, 0.15) is 17.5 Å². The third-order valence-corrected chi connectivity index (χ3v) is 9.99. The van der Waals surface area contributed by atoms with Crippen LogP contribution in [0.5, 0.6) is 0 Å². The number of rotatable bonds is 7. The number of amides is 1. The van der Waals surface area contributed by atoms with E-state index in [0.29, 0.717) is 5.82 Å². The summed E-state index contributed by atoms with van der Waals surface area (Å²) in [4.78, 5) is 16.3. The number of aromatic nitrogens is 4. The fourth-order valence-electron chi connectivity index (χ4n) is 6.52. The molecule has 7 rings (SSSR count). The minimum atomic E-state index is -0.734. The molecular formula is C34H32N6OS. The molecule has 2 unspecified atom stereocenters. The Hall–Kier alpha value is -4.27. The molecule has 7 nitrogen and oxygen atoms in total. The first-order chi connectivity index (χ1) is 20.4. The van der Waals surface area contributed by atoms with Gasteiger partial charge in [0.15, 0.2) is 5.82 Å². The van der Waals surface area contributed by atoms with Crippen LogP contribution in [-0.4, -0.2) is 47.2 Å². The highest BCUT2D eigenvalue weighted by atomic mass is 32.2. The number of carbonyl (C=O) groups excluding carboxylic acids is 1. The Balaban J connectivity index is 1.30. The highest BCUT2D eigenvalue weighted by Crippen LogP contribution is 2.58. The van der Waals surface area contributed by atoms with Crippen LogP contribution >= 0.6 is 11.8 Å². The number of tetrazole rings is 1. The average molecular weight is 573 g/mol. The van der Waals surface area contributed by atoms with Gasteiger partial charge in [0.05, 0.1) is 11.2 Å². The molecule has 0 radical (unpaired) electrons. The van der Waals surface area contributed by atoms with Crippen LogP contribution in [0.25, 0.3) is 5.69 Å². The number of benzene rings is 4. The van der Waals surface area contributed by atoms with E-state index in [-0.39, 0.29) is 22.1 Å². The molecule has 2 aliphatic heterocycles. The monoisotopic (exact) mass is 572 g/mol. The number of nitrogens with zero attached hydrogens (tertiary/aromatic N) is 5. The van der Waals surface area contributed by atoms with Crippen LogP contribution < -0.4 is 5.32 Å². The highest BCUT2D eigenvalue weighted by Gasteiger charge is 2.64. The summed E-state index contributed by atoms with van der Waals surface area (Å²) in [6.07, 6.45) is 0. The van der Waals surface area contributed by atoms with Crippen molar-refractivity contribution < 1.29 is 4.79 Å². The van der Waals surface area contributed by atoms with Gasteiger partial charge in [0, 0.05) is 4.75 Å². The molecule has 0 saturated carbocycles. The maximum atomic E-state index is 14.3. The predicted molar refractivity (Wildman–Crippen MR) is 165 cm³/mol. The first-order valence-electron chi connectivity index (χ1n) is 14.2. The standard InChI is InChI=1S/C34H32N6OS/c1-23-14-13-21-27(22-23)40-30(36-37-38-40)29-33(2,3)42-32-28(31(41)39(29)32)35-34(24-15-7-4-8-16-24,25-17-9-5-10-18-25)26-19-11-6-12-20-26/h4-22,28-29,32,35H,1-3H3/t28?,29?,32-/m1/s1. The molecule has 3 heterocycles. The van der Waals surface area contributed by atoms with Crippen molar-refractivity contribution in [2.24, 2.45) is 0 Å². The highest BCUT2D eigenvalue weighted by molar-refractivity contribution is 8.01. The molecule has 1 aromatic heterocycles. The summed E-state index contributed by atoms with van der Waals surface area (Å²) in [6, 6.07) is 38.6. The van der Waals surface area contributed by atoms with Crippen molar-refractivity contribution in [2.45, 2.75) is 48.5 Å². The number of fused-ring (bicyclic) bond motifs is 1. The van der Waals surface area contributed by atoms with Crippen LogP contribution in [0.2, 0.25) is 0 Å². The van der Waals surface area contributed by atoms with E-state index in [1.54, 1.807) is 16.4 Å². The second-order valence-electron chi connectivity index (χ2n) is 11.5. The Labute approximate surface area is 250 Å². The Morgan fingerprint density at radius 1 is 0.810 bits per heavy atom. The van der Waals surface area contributed by atoms with Gasteiger partial charge in [-0.3, -0.25) is 10.1 Å². The van der Waals surface area contributed by atoms with Gasteiger partial charge >= 0.3 is 0 Å². The van der Waals surface area contributed by atoms with Crippen LogP contribution in [0.3, 0.4) is 0 Å². The Morgan fingerprint density at radius 3 is 1.93 bits per heavy atom. The second kappa shape index (κ2) is 10.2. The lowest BCUT2D eigenvalue weighted by atomic mass is 9.76. The molecule has 1 amide bonds. The van der Waals surface area contributed by atoms with Crippen LogP contribution in [0, 0.1) is 6.92 Å². The number of nitrogens with one attached hydrogen (secondary N) is 1. The Morgan fingerprint density at radius 2 is 1.38 bits per heavy atom. The number of hydrogen-bond acceptors (Lipinski definition) is 6. The number of carbonyl (C=O) groups is 1. The first kappa shape index (κ1) is 26.6. The average Bonchev–Trinajstić information content (AvgIpc) is 3.59. The zero-order valence-electron chi connectivity index (χ0n) is 23.8. The van der Waals surface area contributed by atoms with Crippen molar-refractivity contribution in [2.75, 3.05) is 0 Å². The maximum absolute atomic E-state index is 14.3. The summed E-state index contributed by atoms with van der Waals surface area (Å²) in [5.74, 6) is 0.724. The maximum Gasteiger partial charge on any atom is 0.244 e. The molecule has 8 heteroatoms. The van der Waals surface area contributed by atoms with Gasteiger partial charge in [-0.25, -0.2) is 0 Å². The summed E-state index contributed by atoms with van der Waals surface area (Å²) in [5.41, 5.74) is 4.51. The molecule has 0 spiro atoms. The van der Waals surface area contributed by atoms with Gasteiger partial charge in [-0.1, -0.05) is 103 Å². The van der Waals surface area contributed by atoms with Crippen molar-refractivity contribution in [1.29, 1.82) is 0 Å². The predicted octanol–water partition coefficient (Wildman–Crippen LogP) is 5.66. The van der Waals surface area contributed by atoms with E-state index in [2.05, 4.69) is 114 Å². The number of thioether (sulfide) groups is 1. The van der Waals surface area contributed by atoms with Crippen LogP contribution in [0.15, 0.2) is 115 Å². The molecule has 0 bridgehead atoms. The minimum absolute atomic E-state index is 0.0500. The van der Waals surface area contributed by atoms with Gasteiger partial charge in [-0.2, -0.15) is 4.68 Å². The first-order valence-corrected chi connectivity index (χ1v) is 15.1. The van der Waals surface area contributed by atoms with E-state index in [4.69, 9.17) is 0 Å².